The van der Waals surface area contributed by atoms with Crippen LogP contribution in [0.4, 0.5) is 4.79 Å². The first-order valence-electron chi connectivity index (χ1n) is 6.91. The van der Waals surface area contributed by atoms with Gasteiger partial charge in [-0.1, -0.05) is 0 Å². The Morgan fingerprint density at radius 3 is 2.43 bits per heavy atom. The quantitative estimate of drug-likeness (QED) is 0.745. The number of piperidine rings is 1. The number of imide groups is 1. The second-order valence-corrected chi connectivity index (χ2v) is 5.61. The van der Waals surface area contributed by atoms with Gasteiger partial charge in [-0.25, -0.2) is 4.79 Å². The molecule has 4 amide bonds. The van der Waals surface area contributed by atoms with Crippen LogP contribution in [-0.2, 0) is 4.79 Å². The van der Waals surface area contributed by atoms with Gasteiger partial charge in [-0.05, 0) is 32.8 Å². The standard InChI is InChI=1S/C14H17N3O4/c1-8-7-10(9(2)21-8)11(18)17-5-3-14(4-6-17)12(19)15-13(20)16-14/h7H,3-6H2,1-2H3,(H2,15,16,19,20). The molecule has 0 bridgehead atoms. The van der Waals surface area contributed by atoms with Crippen LogP contribution in [0.5, 0.6) is 0 Å². The Morgan fingerprint density at radius 2 is 1.95 bits per heavy atom. The topological polar surface area (TPSA) is 91.7 Å². The Labute approximate surface area is 121 Å². The fraction of sp³-hybridized carbons (Fsp3) is 0.500. The maximum Gasteiger partial charge on any atom is 0.322 e. The molecule has 112 valence electrons. The lowest BCUT2D eigenvalue weighted by Crippen LogP contribution is -2.55. The molecule has 2 aliphatic rings. The maximum absolute atomic E-state index is 12.5. The fourth-order valence-electron chi connectivity index (χ4n) is 2.99. The summed E-state index contributed by atoms with van der Waals surface area (Å²) in [5.74, 6) is 0.912. The minimum Gasteiger partial charge on any atom is -0.466 e. The fourth-order valence-corrected chi connectivity index (χ4v) is 2.99. The lowest BCUT2D eigenvalue weighted by molar-refractivity contribution is -0.125. The van der Waals surface area contributed by atoms with Gasteiger partial charge in [0.1, 0.15) is 17.1 Å². The van der Waals surface area contributed by atoms with Crippen molar-refractivity contribution in [3.63, 3.8) is 0 Å². The van der Waals surface area contributed by atoms with Gasteiger partial charge in [-0.2, -0.15) is 0 Å². The second-order valence-electron chi connectivity index (χ2n) is 5.61. The maximum atomic E-state index is 12.5. The summed E-state index contributed by atoms with van der Waals surface area (Å²) in [6.07, 6.45) is 0.846. The average Bonchev–Trinajstić information content (AvgIpc) is 2.90. The van der Waals surface area contributed by atoms with Crippen molar-refractivity contribution in [2.45, 2.75) is 32.2 Å². The van der Waals surface area contributed by atoms with E-state index < -0.39 is 11.6 Å². The Morgan fingerprint density at radius 1 is 1.29 bits per heavy atom. The molecule has 21 heavy (non-hydrogen) atoms. The predicted molar refractivity (Wildman–Crippen MR) is 72.7 cm³/mol. The van der Waals surface area contributed by atoms with E-state index in [2.05, 4.69) is 10.6 Å². The number of hydrogen-bond acceptors (Lipinski definition) is 4. The molecule has 0 aromatic carbocycles. The molecule has 2 aliphatic heterocycles. The van der Waals surface area contributed by atoms with E-state index in [1.807, 2.05) is 0 Å². The van der Waals surface area contributed by atoms with Crippen molar-refractivity contribution in [1.82, 2.24) is 15.5 Å². The molecule has 7 nitrogen and oxygen atoms in total. The van der Waals surface area contributed by atoms with Crippen molar-refractivity contribution in [3.8, 4) is 0 Å². The third-order valence-corrected chi connectivity index (χ3v) is 4.19. The van der Waals surface area contributed by atoms with Gasteiger partial charge in [0.05, 0.1) is 5.56 Å². The molecule has 1 aromatic heterocycles. The van der Waals surface area contributed by atoms with Crippen molar-refractivity contribution < 1.29 is 18.8 Å². The molecular weight excluding hydrogens is 274 g/mol. The van der Waals surface area contributed by atoms with Crippen molar-refractivity contribution in [3.05, 3.63) is 23.2 Å². The van der Waals surface area contributed by atoms with Crippen molar-refractivity contribution in [2.75, 3.05) is 13.1 Å². The van der Waals surface area contributed by atoms with E-state index in [1.54, 1.807) is 24.8 Å². The van der Waals surface area contributed by atoms with Crippen LogP contribution in [0.1, 0.15) is 34.7 Å². The van der Waals surface area contributed by atoms with Gasteiger partial charge < -0.3 is 14.6 Å². The SMILES string of the molecule is Cc1cc(C(=O)N2CCC3(CC2)NC(=O)NC3=O)c(C)o1. The van der Waals surface area contributed by atoms with E-state index in [4.69, 9.17) is 4.42 Å². The smallest absolute Gasteiger partial charge is 0.322 e. The molecule has 0 atom stereocenters. The number of rotatable bonds is 1. The monoisotopic (exact) mass is 291 g/mol. The summed E-state index contributed by atoms with van der Waals surface area (Å²) in [5.41, 5.74) is -0.293. The van der Waals surface area contributed by atoms with Crippen molar-refractivity contribution >= 4 is 17.8 Å². The van der Waals surface area contributed by atoms with E-state index in [1.165, 1.54) is 0 Å². The number of hydrogen-bond donors (Lipinski definition) is 2. The molecule has 3 heterocycles. The highest BCUT2D eigenvalue weighted by Crippen LogP contribution is 2.27. The van der Waals surface area contributed by atoms with Gasteiger partial charge in [-0.3, -0.25) is 14.9 Å². The van der Waals surface area contributed by atoms with Gasteiger partial charge in [0.25, 0.3) is 11.8 Å². The molecule has 1 spiro atoms. The van der Waals surface area contributed by atoms with Gasteiger partial charge >= 0.3 is 6.03 Å². The normalized spacial score (nSPS) is 20.6. The molecule has 0 unspecified atom stereocenters. The first kappa shape index (κ1) is 13.7. The Bertz CT molecular complexity index is 626. The molecule has 2 fully saturated rings. The van der Waals surface area contributed by atoms with Crippen LogP contribution in [0.2, 0.25) is 0 Å². The van der Waals surface area contributed by atoms with E-state index in [0.29, 0.717) is 43.0 Å². The number of aryl methyl sites for hydroxylation is 2. The van der Waals surface area contributed by atoms with Gasteiger partial charge in [0, 0.05) is 13.1 Å². The summed E-state index contributed by atoms with van der Waals surface area (Å²) < 4.78 is 5.38. The van der Waals surface area contributed by atoms with Crippen LogP contribution >= 0.6 is 0 Å². The van der Waals surface area contributed by atoms with E-state index in [0.717, 1.165) is 0 Å². The number of likely N-dealkylation sites (tertiary alicyclic amines) is 1. The third-order valence-electron chi connectivity index (χ3n) is 4.19. The van der Waals surface area contributed by atoms with Crippen molar-refractivity contribution in [2.24, 2.45) is 0 Å². The highest BCUT2D eigenvalue weighted by molar-refractivity contribution is 6.07. The minimum absolute atomic E-state index is 0.0936. The zero-order valence-corrected chi connectivity index (χ0v) is 12.0. The Hall–Kier alpha value is -2.31. The number of urea groups is 1. The number of nitrogens with zero attached hydrogens (tertiary/aromatic N) is 1. The molecule has 0 radical (unpaired) electrons. The third kappa shape index (κ3) is 2.18. The average molecular weight is 291 g/mol. The predicted octanol–water partition coefficient (Wildman–Crippen LogP) is 0.711. The highest BCUT2D eigenvalue weighted by Gasteiger charge is 2.48. The number of amides is 4. The molecule has 0 saturated carbocycles. The number of furan rings is 1. The first-order chi connectivity index (χ1) is 9.91. The summed E-state index contributed by atoms with van der Waals surface area (Å²) in [5, 5.41) is 4.94. The summed E-state index contributed by atoms with van der Waals surface area (Å²) in [6.45, 7) is 4.41. The van der Waals surface area contributed by atoms with Crippen LogP contribution in [0.15, 0.2) is 10.5 Å². The molecule has 1 aromatic rings. The number of carbonyl (C=O) groups is 3. The summed E-state index contributed by atoms with van der Waals surface area (Å²) in [6, 6.07) is 1.27. The molecule has 2 N–H and O–H groups in total. The molecule has 0 aliphatic carbocycles. The lowest BCUT2D eigenvalue weighted by Gasteiger charge is -2.36. The van der Waals surface area contributed by atoms with E-state index >= 15 is 0 Å². The van der Waals surface area contributed by atoms with Gasteiger partial charge in [-0.15, -0.1) is 0 Å². The number of nitrogens with one attached hydrogen (secondary N) is 2. The Balaban J connectivity index is 1.71. The summed E-state index contributed by atoms with van der Waals surface area (Å²) in [4.78, 5) is 37.3. The molecular formula is C14H17N3O4. The summed E-state index contributed by atoms with van der Waals surface area (Å²) >= 11 is 0. The Kier molecular flexibility index (Phi) is 3.00. The minimum atomic E-state index is -0.852. The zero-order valence-electron chi connectivity index (χ0n) is 12.0. The van der Waals surface area contributed by atoms with Gasteiger partial charge in [0.2, 0.25) is 0 Å². The van der Waals surface area contributed by atoms with Crippen molar-refractivity contribution in [1.29, 1.82) is 0 Å². The second kappa shape index (κ2) is 4.61. The summed E-state index contributed by atoms with van der Waals surface area (Å²) in [7, 11) is 0. The van der Waals surface area contributed by atoms with Crippen LogP contribution in [0, 0.1) is 13.8 Å². The van der Waals surface area contributed by atoms with Gasteiger partial charge in [0.15, 0.2) is 0 Å². The zero-order chi connectivity index (χ0) is 15.2. The molecule has 2 saturated heterocycles. The highest BCUT2D eigenvalue weighted by atomic mass is 16.3. The molecule has 3 rings (SSSR count). The lowest BCUT2D eigenvalue weighted by atomic mass is 9.87. The van der Waals surface area contributed by atoms with Crippen LogP contribution in [0.25, 0.3) is 0 Å². The largest absolute Gasteiger partial charge is 0.466 e. The van der Waals surface area contributed by atoms with E-state index in [-0.39, 0.29) is 11.8 Å². The first-order valence-corrected chi connectivity index (χ1v) is 6.91. The number of carbonyl (C=O) groups excluding carboxylic acids is 3. The van der Waals surface area contributed by atoms with Crippen LogP contribution in [0.3, 0.4) is 0 Å². The molecule has 7 heteroatoms. The van der Waals surface area contributed by atoms with Crippen LogP contribution in [-0.4, -0.2) is 41.4 Å². The van der Waals surface area contributed by atoms with E-state index in [9.17, 15) is 14.4 Å². The van der Waals surface area contributed by atoms with Crippen LogP contribution < -0.4 is 10.6 Å².